The van der Waals surface area contributed by atoms with Gasteiger partial charge in [-0.1, -0.05) is 58.0 Å². The second-order valence-electron chi connectivity index (χ2n) is 5.12. The summed E-state index contributed by atoms with van der Waals surface area (Å²) >= 11 is 35.1. The van der Waals surface area contributed by atoms with Gasteiger partial charge in [-0.2, -0.15) is 0 Å². The fourth-order valence-corrected chi connectivity index (χ4v) is 3.19. The summed E-state index contributed by atoms with van der Waals surface area (Å²) < 4.78 is 3.42. The summed E-state index contributed by atoms with van der Waals surface area (Å²) in [5, 5.41) is 6.39. The van der Waals surface area contributed by atoms with Gasteiger partial charge < -0.3 is 20.3 Å². The van der Waals surface area contributed by atoms with E-state index in [1.807, 2.05) is 4.90 Å². The molecule has 5 nitrogen and oxygen atoms in total. The van der Waals surface area contributed by atoms with Crippen LogP contribution in [-0.4, -0.2) is 52.2 Å². The van der Waals surface area contributed by atoms with Gasteiger partial charge in [0.15, 0.2) is 5.11 Å². The quantitative estimate of drug-likeness (QED) is 0.406. The molecule has 0 aromatic heterocycles. The first-order chi connectivity index (χ1) is 11.7. The fourth-order valence-electron chi connectivity index (χ4n) is 2.06. The van der Waals surface area contributed by atoms with Gasteiger partial charge in [-0.15, -0.1) is 0 Å². The van der Waals surface area contributed by atoms with Crippen molar-refractivity contribution >= 4 is 81.2 Å². The second-order valence-corrected chi connectivity index (χ2v) is 8.72. The zero-order valence-corrected chi connectivity index (χ0v) is 17.3. The van der Waals surface area contributed by atoms with Crippen molar-refractivity contribution in [2.75, 3.05) is 26.3 Å². The lowest BCUT2D eigenvalue weighted by Gasteiger charge is -2.34. The largest absolute Gasteiger partial charge is 0.378 e. The molecule has 25 heavy (non-hydrogen) atoms. The third-order valence-electron chi connectivity index (χ3n) is 3.34. The van der Waals surface area contributed by atoms with Gasteiger partial charge >= 0.3 is 0 Å². The van der Waals surface area contributed by atoms with E-state index in [4.69, 9.17) is 75.0 Å². The first kappa shape index (κ1) is 21.1. The number of hydrogen-bond donors (Lipinski definition) is 2. The normalized spacial score (nSPS) is 16.3. The Hall–Kier alpha value is -0.210. The number of rotatable bonds is 3. The summed E-state index contributed by atoms with van der Waals surface area (Å²) in [5.41, 5.74) is 0.199. The average Bonchev–Trinajstić information content (AvgIpc) is 2.54. The molecule has 0 radical (unpaired) electrons. The van der Waals surface area contributed by atoms with Crippen LogP contribution in [0.15, 0.2) is 18.2 Å². The van der Waals surface area contributed by atoms with E-state index >= 15 is 0 Å². The number of carbonyl (C=O) groups excluding carboxylic acids is 1. The van der Waals surface area contributed by atoms with Crippen LogP contribution in [0.4, 0.5) is 0 Å². The van der Waals surface area contributed by atoms with Crippen LogP contribution in [-0.2, 0) is 4.74 Å². The van der Waals surface area contributed by atoms with Gasteiger partial charge in [-0.05, 0) is 30.4 Å². The summed E-state index contributed by atoms with van der Waals surface area (Å²) in [4.78, 5) is 14.3. The molecule has 1 amide bonds. The molecule has 1 heterocycles. The van der Waals surface area contributed by atoms with Crippen LogP contribution < -0.4 is 10.6 Å². The SMILES string of the molecule is O=C(N[C@H](NC(=S)N1CCOCC1)C(Cl)(Cl)Cl)c1ccc(Cl)cc1Cl. The van der Waals surface area contributed by atoms with Crippen LogP contribution in [0.3, 0.4) is 0 Å². The second kappa shape index (κ2) is 9.13. The van der Waals surface area contributed by atoms with E-state index in [9.17, 15) is 4.79 Å². The van der Waals surface area contributed by atoms with Crippen LogP contribution in [0, 0.1) is 0 Å². The van der Waals surface area contributed by atoms with E-state index in [1.165, 1.54) is 12.1 Å². The molecule has 1 atom stereocenters. The Balaban J connectivity index is 2.09. The molecular weight excluding hydrogens is 452 g/mol. The summed E-state index contributed by atoms with van der Waals surface area (Å²) in [6, 6.07) is 4.47. The van der Waals surface area contributed by atoms with Crippen LogP contribution in [0.25, 0.3) is 0 Å². The minimum atomic E-state index is -1.84. The van der Waals surface area contributed by atoms with Gasteiger partial charge in [-0.3, -0.25) is 4.79 Å². The molecule has 0 saturated carbocycles. The number of benzene rings is 1. The Bertz CT molecular complexity index is 650. The van der Waals surface area contributed by atoms with E-state index in [0.717, 1.165) is 0 Å². The van der Waals surface area contributed by atoms with Crippen molar-refractivity contribution < 1.29 is 9.53 Å². The van der Waals surface area contributed by atoms with Crippen molar-refractivity contribution in [1.82, 2.24) is 15.5 Å². The average molecular weight is 466 g/mol. The standard InChI is InChI=1S/C14H14Cl5N3O2S/c15-8-1-2-9(10(16)7-8)11(23)20-12(14(17,18)19)21-13(25)22-3-5-24-6-4-22/h1-2,7,12H,3-6H2,(H,20,23)(H,21,25)/t12-/m1/s1. The monoisotopic (exact) mass is 463 g/mol. The lowest BCUT2D eigenvalue weighted by Crippen LogP contribution is -2.59. The highest BCUT2D eigenvalue weighted by atomic mass is 35.6. The predicted molar refractivity (Wildman–Crippen MR) is 106 cm³/mol. The van der Waals surface area contributed by atoms with E-state index in [2.05, 4.69) is 10.6 Å². The number of halogens is 5. The van der Waals surface area contributed by atoms with E-state index in [0.29, 0.717) is 36.4 Å². The van der Waals surface area contributed by atoms with Crippen LogP contribution >= 0.6 is 70.2 Å². The van der Waals surface area contributed by atoms with Crippen molar-refractivity contribution in [3.63, 3.8) is 0 Å². The summed E-state index contributed by atoms with van der Waals surface area (Å²) in [6.45, 7) is 2.31. The van der Waals surface area contributed by atoms with E-state index < -0.39 is 15.9 Å². The molecule has 0 aliphatic carbocycles. The molecule has 1 aromatic carbocycles. The number of alkyl halides is 3. The number of amides is 1. The van der Waals surface area contributed by atoms with Crippen molar-refractivity contribution in [2.45, 2.75) is 9.96 Å². The number of morpholine rings is 1. The number of ether oxygens (including phenoxy) is 1. The summed E-state index contributed by atoms with van der Waals surface area (Å²) in [5.74, 6) is -0.532. The van der Waals surface area contributed by atoms with Crippen molar-refractivity contribution in [1.29, 1.82) is 0 Å². The van der Waals surface area contributed by atoms with Crippen molar-refractivity contribution in [3.05, 3.63) is 33.8 Å². The predicted octanol–water partition coefficient (Wildman–Crippen LogP) is 3.63. The molecule has 1 aliphatic rings. The van der Waals surface area contributed by atoms with E-state index in [-0.39, 0.29) is 10.6 Å². The fraction of sp³-hybridized carbons (Fsp3) is 0.429. The summed E-state index contributed by atoms with van der Waals surface area (Å²) in [7, 11) is 0. The summed E-state index contributed by atoms with van der Waals surface area (Å²) in [6.07, 6.45) is -1.06. The van der Waals surface area contributed by atoms with Crippen LogP contribution in [0.5, 0.6) is 0 Å². The molecule has 2 N–H and O–H groups in total. The first-order valence-corrected chi connectivity index (χ1v) is 9.44. The van der Waals surface area contributed by atoms with Gasteiger partial charge in [0, 0.05) is 18.1 Å². The first-order valence-electron chi connectivity index (χ1n) is 7.14. The van der Waals surface area contributed by atoms with Gasteiger partial charge in [0.2, 0.25) is 3.79 Å². The molecule has 1 aliphatic heterocycles. The lowest BCUT2D eigenvalue weighted by atomic mass is 10.2. The van der Waals surface area contributed by atoms with E-state index in [1.54, 1.807) is 6.07 Å². The molecule has 0 bridgehead atoms. The van der Waals surface area contributed by atoms with Gasteiger partial charge in [-0.25, -0.2) is 0 Å². The maximum Gasteiger partial charge on any atom is 0.254 e. The molecule has 11 heteroatoms. The lowest BCUT2D eigenvalue weighted by molar-refractivity contribution is 0.0671. The maximum absolute atomic E-state index is 12.5. The Labute approximate surface area is 175 Å². The Morgan fingerprint density at radius 1 is 1.20 bits per heavy atom. The molecule has 1 saturated heterocycles. The molecule has 1 fully saturated rings. The molecule has 0 unspecified atom stereocenters. The highest BCUT2D eigenvalue weighted by Crippen LogP contribution is 2.30. The van der Waals surface area contributed by atoms with Crippen LogP contribution in [0.2, 0.25) is 10.0 Å². The number of nitrogens with one attached hydrogen (secondary N) is 2. The zero-order valence-electron chi connectivity index (χ0n) is 12.7. The third-order valence-corrected chi connectivity index (χ3v) is 4.92. The number of nitrogens with zero attached hydrogens (tertiary/aromatic N) is 1. The Morgan fingerprint density at radius 2 is 1.84 bits per heavy atom. The molecule has 138 valence electrons. The highest BCUT2D eigenvalue weighted by Gasteiger charge is 2.36. The van der Waals surface area contributed by atoms with Gasteiger partial charge in [0.25, 0.3) is 5.91 Å². The number of carbonyl (C=O) groups is 1. The highest BCUT2D eigenvalue weighted by molar-refractivity contribution is 7.80. The minimum Gasteiger partial charge on any atom is -0.378 e. The number of hydrogen-bond acceptors (Lipinski definition) is 3. The third kappa shape index (κ3) is 6.17. The molecule has 0 spiro atoms. The Kier molecular flexibility index (Phi) is 7.70. The van der Waals surface area contributed by atoms with Crippen LogP contribution in [0.1, 0.15) is 10.4 Å². The van der Waals surface area contributed by atoms with Crippen molar-refractivity contribution in [2.24, 2.45) is 0 Å². The van der Waals surface area contributed by atoms with Gasteiger partial charge in [0.1, 0.15) is 6.17 Å². The Morgan fingerprint density at radius 3 is 2.40 bits per heavy atom. The number of thiocarbonyl (C=S) groups is 1. The molecule has 2 rings (SSSR count). The topological polar surface area (TPSA) is 53.6 Å². The van der Waals surface area contributed by atoms with Crippen molar-refractivity contribution in [3.8, 4) is 0 Å². The zero-order chi connectivity index (χ0) is 18.6. The smallest absolute Gasteiger partial charge is 0.254 e. The maximum atomic E-state index is 12.5. The molecular formula is C14H14Cl5N3O2S. The minimum absolute atomic E-state index is 0.184. The van der Waals surface area contributed by atoms with Gasteiger partial charge in [0.05, 0.1) is 23.8 Å². The molecule has 1 aromatic rings.